The third kappa shape index (κ3) is 4.98. The molecule has 2 aromatic rings. The zero-order chi connectivity index (χ0) is 21.9. The first-order valence-corrected chi connectivity index (χ1v) is 9.73. The second-order valence-electron chi connectivity index (χ2n) is 7.34. The third-order valence-corrected chi connectivity index (χ3v) is 5.27. The van der Waals surface area contributed by atoms with Gasteiger partial charge < -0.3 is 14.6 Å². The average Bonchev–Trinajstić information content (AvgIpc) is 3.13. The molecule has 1 aromatic heterocycles. The molecule has 30 heavy (non-hydrogen) atoms. The number of halogens is 3. The lowest BCUT2D eigenvalue weighted by Crippen LogP contribution is -2.52. The van der Waals surface area contributed by atoms with Crippen molar-refractivity contribution in [2.45, 2.75) is 45.3 Å². The molecule has 0 unspecified atom stereocenters. The van der Waals surface area contributed by atoms with Crippen molar-refractivity contribution in [1.82, 2.24) is 20.4 Å². The van der Waals surface area contributed by atoms with Crippen LogP contribution in [0, 0.1) is 12.8 Å². The summed E-state index contributed by atoms with van der Waals surface area (Å²) in [5.41, 5.74) is -0.864. The number of rotatable bonds is 5. The Morgan fingerprint density at radius 1 is 1.27 bits per heavy atom. The normalized spacial score (nSPS) is 19.6. The third-order valence-electron chi connectivity index (χ3n) is 5.27. The summed E-state index contributed by atoms with van der Waals surface area (Å²) >= 11 is 0. The lowest BCUT2D eigenvalue weighted by molar-refractivity contribution is -0.138. The molecule has 1 N–H and O–H groups in total. The van der Waals surface area contributed by atoms with Gasteiger partial charge in [-0.2, -0.15) is 13.2 Å². The van der Waals surface area contributed by atoms with E-state index in [9.17, 15) is 22.8 Å². The highest BCUT2D eigenvalue weighted by atomic mass is 19.4. The summed E-state index contributed by atoms with van der Waals surface area (Å²) in [5, 5.41) is 10.3. The van der Waals surface area contributed by atoms with Crippen molar-refractivity contribution in [3.63, 3.8) is 0 Å². The van der Waals surface area contributed by atoms with Crippen LogP contribution < -0.4 is 5.32 Å². The van der Waals surface area contributed by atoms with Gasteiger partial charge in [-0.3, -0.25) is 9.59 Å². The molecule has 1 aliphatic rings. The van der Waals surface area contributed by atoms with Gasteiger partial charge in [0.15, 0.2) is 0 Å². The Bertz CT molecular complexity index is 913. The predicted octanol–water partition coefficient (Wildman–Crippen LogP) is 3.00. The molecular formula is C20H23F3N4O3. The number of nitrogens with zero attached hydrogens (tertiary/aromatic N) is 3. The van der Waals surface area contributed by atoms with Gasteiger partial charge in [0.2, 0.25) is 11.8 Å². The molecule has 1 saturated heterocycles. The van der Waals surface area contributed by atoms with E-state index in [1.807, 2.05) is 6.92 Å². The Balaban J connectivity index is 1.62. The van der Waals surface area contributed by atoms with E-state index in [0.29, 0.717) is 31.8 Å². The summed E-state index contributed by atoms with van der Waals surface area (Å²) in [6.45, 7) is 4.30. The number of nitrogens with one attached hydrogen (secondary N) is 1. The Labute approximate surface area is 171 Å². The maximum atomic E-state index is 13.1. The Kier molecular flexibility index (Phi) is 6.42. The van der Waals surface area contributed by atoms with E-state index in [4.69, 9.17) is 4.42 Å². The van der Waals surface area contributed by atoms with Crippen LogP contribution >= 0.6 is 0 Å². The number of hydrogen-bond donors (Lipinski definition) is 1. The van der Waals surface area contributed by atoms with E-state index < -0.39 is 17.6 Å². The van der Waals surface area contributed by atoms with Gasteiger partial charge in [0.05, 0.1) is 12.0 Å². The highest BCUT2D eigenvalue weighted by molar-refractivity contribution is 5.89. The smallest absolute Gasteiger partial charge is 0.416 e. The molecule has 2 heterocycles. The number of aryl methyl sites for hydroxylation is 1. The molecule has 3 rings (SSSR count). The fraction of sp³-hybridized carbons (Fsp3) is 0.500. The number of hydrogen-bond acceptors (Lipinski definition) is 5. The van der Waals surface area contributed by atoms with E-state index >= 15 is 0 Å². The van der Waals surface area contributed by atoms with Crippen molar-refractivity contribution in [2.24, 2.45) is 5.92 Å². The highest BCUT2D eigenvalue weighted by Crippen LogP contribution is 2.32. The molecule has 0 radical (unpaired) electrons. The van der Waals surface area contributed by atoms with Crippen molar-refractivity contribution < 1.29 is 27.2 Å². The number of amides is 2. The SMILES string of the molecule is CC[C@@H]1CN(C(=O)c2nnc(C)o2)CC[C@@H]1NC(=O)Cc1ccccc1C(F)(F)F. The number of benzene rings is 1. The average molecular weight is 424 g/mol. The van der Waals surface area contributed by atoms with E-state index in [0.717, 1.165) is 6.07 Å². The Hall–Kier alpha value is -2.91. The van der Waals surface area contributed by atoms with Gasteiger partial charge >= 0.3 is 18.0 Å². The second-order valence-corrected chi connectivity index (χ2v) is 7.34. The molecule has 2 amide bonds. The number of carbonyl (C=O) groups excluding carboxylic acids is 2. The molecule has 2 atom stereocenters. The summed E-state index contributed by atoms with van der Waals surface area (Å²) in [4.78, 5) is 26.6. The molecule has 10 heteroatoms. The predicted molar refractivity (Wildman–Crippen MR) is 100 cm³/mol. The van der Waals surface area contributed by atoms with Gasteiger partial charge in [0, 0.05) is 26.1 Å². The first-order valence-electron chi connectivity index (χ1n) is 9.73. The van der Waals surface area contributed by atoms with Gasteiger partial charge in [0.1, 0.15) is 0 Å². The van der Waals surface area contributed by atoms with Crippen LogP contribution in [0.5, 0.6) is 0 Å². The van der Waals surface area contributed by atoms with Crippen molar-refractivity contribution >= 4 is 11.8 Å². The second kappa shape index (κ2) is 8.85. The topological polar surface area (TPSA) is 88.3 Å². The molecule has 0 saturated carbocycles. The summed E-state index contributed by atoms with van der Waals surface area (Å²) in [6.07, 6.45) is -3.69. The molecule has 1 aliphatic heterocycles. The fourth-order valence-electron chi connectivity index (χ4n) is 3.72. The van der Waals surface area contributed by atoms with Crippen molar-refractivity contribution in [1.29, 1.82) is 0 Å². The van der Waals surface area contributed by atoms with Crippen LogP contribution in [0.3, 0.4) is 0 Å². The lowest BCUT2D eigenvalue weighted by Gasteiger charge is -2.38. The van der Waals surface area contributed by atoms with Crippen molar-refractivity contribution in [2.75, 3.05) is 13.1 Å². The molecule has 0 aliphatic carbocycles. The molecule has 1 aromatic carbocycles. The van der Waals surface area contributed by atoms with Crippen LogP contribution in [0.4, 0.5) is 13.2 Å². The van der Waals surface area contributed by atoms with Crippen molar-refractivity contribution in [3.05, 3.63) is 47.2 Å². The van der Waals surface area contributed by atoms with Crippen molar-refractivity contribution in [3.8, 4) is 0 Å². The minimum Gasteiger partial charge on any atom is -0.417 e. The van der Waals surface area contributed by atoms with Crippen LogP contribution in [-0.2, 0) is 17.4 Å². The number of alkyl halides is 3. The largest absolute Gasteiger partial charge is 0.417 e. The van der Waals surface area contributed by atoms with Gasteiger partial charge in [-0.25, -0.2) is 0 Å². The zero-order valence-corrected chi connectivity index (χ0v) is 16.7. The molecule has 7 nitrogen and oxygen atoms in total. The van der Waals surface area contributed by atoms with Crippen LogP contribution in [0.2, 0.25) is 0 Å². The Morgan fingerprint density at radius 3 is 2.63 bits per heavy atom. The molecular weight excluding hydrogens is 401 g/mol. The van der Waals surface area contributed by atoms with Gasteiger partial charge in [-0.15, -0.1) is 10.2 Å². The molecule has 1 fully saturated rings. The maximum Gasteiger partial charge on any atom is 0.416 e. The van der Waals surface area contributed by atoms with Gasteiger partial charge in [0.25, 0.3) is 0 Å². The summed E-state index contributed by atoms with van der Waals surface area (Å²) in [5.74, 6) is -0.644. The maximum absolute atomic E-state index is 13.1. The minimum absolute atomic E-state index is 0.0338. The minimum atomic E-state index is -4.51. The number of aromatic nitrogens is 2. The zero-order valence-electron chi connectivity index (χ0n) is 16.7. The number of carbonyl (C=O) groups is 2. The Morgan fingerprint density at radius 2 is 2.00 bits per heavy atom. The number of piperidine rings is 1. The first-order chi connectivity index (χ1) is 14.2. The standard InChI is InChI=1S/C20H23F3N4O3/c1-3-13-11-27(19(29)18-26-25-12(2)30-18)9-8-16(13)24-17(28)10-14-6-4-5-7-15(14)20(21,22)23/h4-7,13,16H,3,8-11H2,1-2H3,(H,24,28)/t13-,16+/m1/s1. The quantitative estimate of drug-likeness (QED) is 0.797. The lowest BCUT2D eigenvalue weighted by atomic mass is 9.89. The van der Waals surface area contributed by atoms with Crippen LogP contribution in [0.15, 0.2) is 28.7 Å². The monoisotopic (exact) mass is 424 g/mol. The molecule has 162 valence electrons. The van der Waals surface area contributed by atoms with Crippen LogP contribution in [0.25, 0.3) is 0 Å². The van der Waals surface area contributed by atoms with E-state index in [-0.39, 0.29) is 35.7 Å². The van der Waals surface area contributed by atoms with E-state index in [2.05, 4.69) is 15.5 Å². The number of likely N-dealkylation sites (tertiary alicyclic amines) is 1. The van der Waals surface area contributed by atoms with E-state index in [1.54, 1.807) is 11.8 Å². The van der Waals surface area contributed by atoms with Gasteiger partial charge in [-0.05, 0) is 30.4 Å². The summed E-state index contributed by atoms with van der Waals surface area (Å²) in [7, 11) is 0. The highest BCUT2D eigenvalue weighted by Gasteiger charge is 2.35. The first kappa shape index (κ1) is 21.8. The molecule has 0 bridgehead atoms. The fourth-order valence-corrected chi connectivity index (χ4v) is 3.72. The van der Waals surface area contributed by atoms with Crippen LogP contribution in [0.1, 0.15) is 47.5 Å². The molecule has 0 spiro atoms. The van der Waals surface area contributed by atoms with Gasteiger partial charge in [-0.1, -0.05) is 25.1 Å². The summed E-state index contributed by atoms with van der Waals surface area (Å²) in [6, 6.07) is 4.84. The van der Waals surface area contributed by atoms with E-state index in [1.165, 1.54) is 18.2 Å². The summed E-state index contributed by atoms with van der Waals surface area (Å²) < 4.78 is 44.6. The van der Waals surface area contributed by atoms with Crippen LogP contribution in [-0.4, -0.2) is 46.0 Å².